The van der Waals surface area contributed by atoms with Gasteiger partial charge in [0.2, 0.25) is 23.4 Å². The molecule has 0 aromatic carbocycles. The largest absolute Gasteiger partial charge is 0.623 e. The van der Waals surface area contributed by atoms with E-state index in [0.717, 1.165) is 41.5 Å². The number of Topliss-reactive ketones (excluding diaryl/α,β-unsaturated/α-hetero) is 5. The normalized spacial score (nSPS) is 14.2. The first-order chi connectivity index (χ1) is 9.79. The fourth-order valence-electron chi connectivity index (χ4n) is 2.86. The zero-order valence-corrected chi connectivity index (χ0v) is 13.4. The van der Waals surface area contributed by atoms with Crippen molar-refractivity contribution in [2.45, 2.75) is 53.1 Å². The topological polar surface area (TPSA) is 125 Å². The van der Waals surface area contributed by atoms with E-state index in [-0.39, 0.29) is 0 Å². The number of quaternary nitrogens is 1. The van der Waals surface area contributed by atoms with E-state index in [2.05, 4.69) is 0 Å². The number of nitrogens with zero attached hydrogens (tertiary/aromatic N) is 1. The Bertz CT molecular complexity index is 528. The summed E-state index contributed by atoms with van der Waals surface area (Å²) in [6, 6.07) is -2.16. The van der Waals surface area contributed by atoms with Crippen LogP contribution in [0.25, 0.3) is 0 Å². The minimum Gasteiger partial charge on any atom is -0.623 e. The van der Waals surface area contributed by atoms with Gasteiger partial charge in [-0.25, -0.2) is 4.79 Å². The first-order valence-electron chi connectivity index (χ1n) is 6.44. The Kier molecular flexibility index (Phi) is 5.77. The summed E-state index contributed by atoms with van der Waals surface area (Å²) in [7, 11) is 0. The van der Waals surface area contributed by atoms with Crippen molar-refractivity contribution in [1.82, 2.24) is 0 Å². The first kappa shape index (κ1) is 19.9. The lowest BCUT2D eigenvalue weighted by molar-refractivity contribution is -0.834. The third-order valence-electron chi connectivity index (χ3n) is 3.63. The summed E-state index contributed by atoms with van der Waals surface area (Å²) in [5, 5.41) is 13.2. The minimum absolute atomic E-state index is 0.732. The zero-order valence-electron chi connectivity index (χ0n) is 13.4. The van der Waals surface area contributed by atoms with Crippen LogP contribution in [0.2, 0.25) is 0 Å². The van der Waals surface area contributed by atoms with E-state index < -0.39 is 51.1 Å². The highest BCUT2D eigenvalue weighted by atomic mass is 16.6. The summed E-state index contributed by atoms with van der Waals surface area (Å²) in [6.45, 7) is 4.89. The molecule has 0 saturated carbocycles. The number of rotatable bonds is 7. The standard InChI is InChI=1S/C14H19NO7/c1-7(16)13(8(2)17)15(22,12(6)21)14(9(3)18,10(4)19)11(5)20/h13H,1-6H3. The van der Waals surface area contributed by atoms with Crippen LogP contribution in [0.1, 0.15) is 41.5 Å². The van der Waals surface area contributed by atoms with E-state index in [0.29, 0.717) is 0 Å². The predicted octanol–water partition coefficient (Wildman–Crippen LogP) is -0.100. The molecule has 0 spiro atoms. The molecule has 0 radical (unpaired) electrons. The molecule has 1 amide bonds. The smallest absolute Gasteiger partial charge is 0.313 e. The third kappa shape index (κ3) is 2.55. The van der Waals surface area contributed by atoms with Gasteiger partial charge >= 0.3 is 5.91 Å². The van der Waals surface area contributed by atoms with Gasteiger partial charge in [0.1, 0.15) is 0 Å². The number of hydroxylamine groups is 3. The van der Waals surface area contributed by atoms with Gasteiger partial charge in [0, 0.05) is 34.6 Å². The Balaban J connectivity index is 7.05. The number of amides is 1. The number of hydrogen-bond acceptors (Lipinski definition) is 7. The van der Waals surface area contributed by atoms with Crippen molar-refractivity contribution >= 4 is 34.8 Å². The molecule has 8 nitrogen and oxygen atoms in total. The van der Waals surface area contributed by atoms with Crippen LogP contribution >= 0.6 is 0 Å². The van der Waals surface area contributed by atoms with Crippen molar-refractivity contribution in [3.8, 4) is 0 Å². The molecular formula is C14H19NO7. The lowest BCUT2D eigenvalue weighted by Gasteiger charge is -2.52. The number of hydrogen-bond donors (Lipinski definition) is 0. The maximum atomic E-state index is 13.2. The Hall–Kier alpha value is -2.06. The van der Waals surface area contributed by atoms with Crippen molar-refractivity contribution in [2.75, 3.05) is 0 Å². The van der Waals surface area contributed by atoms with Crippen molar-refractivity contribution in [3.05, 3.63) is 5.21 Å². The molecular weight excluding hydrogens is 294 g/mol. The van der Waals surface area contributed by atoms with Crippen LogP contribution in [0.15, 0.2) is 0 Å². The maximum Gasteiger partial charge on any atom is 0.313 e. The summed E-state index contributed by atoms with van der Waals surface area (Å²) in [4.78, 5) is 71.5. The summed E-state index contributed by atoms with van der Waals surface area (Å²) < 4.78 is -2.45. The Labute approximate surface area is 127 Å². The molecule has 0 aliphatic rings. The molecule has 0 saturated heterocycles. The molecule has 0 aliphatic carbocycles. The maximum absolute atomic E-state index is 13.2. The zero-order chi connectivity index (χ0) is 18.0. The molecule has 22 heavy (non-hydrogen) atoms. The van der Waals surface area contributed by atoms with Gasteiger partial charge in [-0.3, -0.25) is 28.6 Å². The van der Waals surface area contributed by atoms with Crippen LogP contribution in [0.5, 0.6) is 0 Å². The van der Waals surface area contributed by atoms with E-state index in [1.807, 2.05) is 0 Å². The highest BCUT2D eigenvalue weighted by molar-refractivity contribution is 6.27. The molecule has 0 bridgehead atoms. The highest BCUT2D eigenvalue weighted by Crippen LogP contribution is 2.33. The van der Waals surface area contributed by atoms with Gasteiger partial charge in [0.25, 0.3) is 5.54 Å². The van der Waals surface area contributed by atoms with Crippen molar-refractivity contribution < 1.29 is 33.4 Å². The highest BCUT2D eigenvalue weighted by Gasteiger charge is 2.65. The third-order valence-corrected chi connectivity index (χ3v) is 3.63. The van der Waals surface area contributed by atoms with E-state index in [4.69, 9.17) is 0 Å². The molecule has 0 aromatic heterocycles. The van der Waals surface area contributed by atoms with Crippen LogP contribution in [-0.4, -0.2) is 51.1 Å². The second-order valence-corrected chi connectivity index (χ2v) is 5.18. The monoisotopic (exact) mass is 313 g/mol. The molecule has 0 fully saturated rings. The Morgan fingerprint density at radius 1 is 0.727 bits per heavy atom. The van der Waals surface area contributed by atoms with Crippen molar-refractivity contribution in [1.29, 1.82) is 0 Å². The average Bonchev–Trinajstić information content (AvgIpc) is 2.25. The van der Waals surface area contributed by atoms with Gasteiger partial charge < -0.3 is 5.21 Å². The molecule has 0 N–H and O–H groups in total. The van der Waals surface area contributed by atoms with Gasteiger partial charge in [0.15, 0.2) is 11.6 Å². The lowest BCUT2D eigenvalue weighted by atomic mass is 9.81. The molecule has 0 aromatic rings. The van der Waals surface area contributed by atoms with Gasteiger partial charge in [0.05, 0.1) is 6.92 Å². The molecule has 8 heteroatoms. The predicted molar refractivity (Wildman–Crippen MR) is 74.2 cm³/mol. The molecule has 0 rings (SSSR count). The van der Waals surface area contributed by atoms with Crippen molar-refractivity contribution in [3.63, 3.8) is 0 Å². The lowest BCUT2D eigenvalue weighted by Crippen LogP contribution is -2.78. The minimum atomic E-state index is -2.96. The van der Waals surface area contributed by atoms with Gasteiger partial charge in [-0.1, -0.05) is 0 Å². The fraction of sp³-hybridized carbons (Fsp3) is 0.571. The fourth-order valence-corrected chi connectivity index (χ4v) is 2.86. The second kappa shape index (κ2) is 6.37. The van der Waals surface area contributed by atoms with Crippen LogP contribution in [-0.2, 0) is 28.8 Å². The average molecular weight is 313 g/mol. The summed E-state index contributed by atoms with van der Waals surface area (Å²) in [6.07, 6.45) is 0. The van der Waals surface area contributed by atoms with Crippen LogP contribution in [0.4, 0.5) is 0 Å². The van der Waals surface area contributed by atoms with Gasteiger partial charge in [-0.15, -0.1) is 0 Å². The van der Waals surface area contributed by atoms with Gasteiger partial charge in [-0.2, -0.15) is 0 Å². The summed E-state index contributed by atoms with van der Waals surface area (Å²) in [5.41, 5.74) is -2.96. The van der Waals surface area contributed by atoms with E-state index in [9.17, 15) is 34.0 Å². The quantitative estimate of drug-likeness (QED) is 0.365. The summed E-state index contributed by atoms with van der Waals surface area (Å²) in [5.74, 6) is -6.94. The molecule has 1 unspecified atom stereocenters. The Morgan fingerprint density at radius 3 is 1.14 bits per heavy atom. The van der Waals surface area contributed by atoms with Crippen LogP contribution in [0, 0.1) is 5.21 Å². The Morgan fingerprint density at radius 2 is 1.00 bits per heavy atom. The number of carbonyl (C=O) groups excluding carboxylic acids is 6. The van der Waals surface area contributed by atoms with E-state index in [1.165, 1.54) is 0 Å². The van der Waals surface area contributed by atoms with E-state index >= 15 is 0 Å². The van der Waals surface area contributed by atoms with Crippen LogP contribution < -0.4 is 0 Å². The van der Waals surface area contributed by atoms with Crippen LogP contribution in [0.3, 0.4) is 0 Å². The van der Waals surface area contributed by atoms with Gasteiger partial charge in [-0.05, 0) is 0 Å². The first-order valence-corrected chi connectivity index (χ1v) is 6.44. The SMILES string of the molecule is CC(=O)C(C(C)=O)[N+]([O-])(C(C)=O)C(C(C)=O)(C(C)=O)C(C)=O. The number of carbonyl (C=O) groups is 6. The summed E-state index contributed by atoms with van der Waals surface area (Å²) >= 11 is 0. The second-order valence-electron chi connectivity index (χ2n) is 5.18. The molecule has 0 aliphatic heterocycles. The molecule has 122 valence electrons. The molecule has 1 atom stereocenters. The van der Waals surface area contributed by atoms with E-state index in [1.54, 1.807) is 0 Å². The van der Waals surface area contributed by atoms with Crippen molar-refractivity contribution in [2.24, 2.45) is 0 Å². The molecule has 0 heterocycles. The number of ketones is 5.